The summed E-state index contributed by atoms with van der Waals surface area (Å²) in [4.78, 5) is 4.80. The third-order valence-corrected chi connectivity index (χ3v) is 1.26. The van der Waals surface area contributed by atoms with Gasteiger partial charge in [-0.1, -0.05) is 5.11 Å². The van der Waals surface area contributed by atoms with Gasteiger partial charge in [-0.25, -0.2) is 0 Å². The lowest BCUT2D eigenvalue weighted by Gasteiger charge is -2.32. The summed E-state index contributed by atoms with van der Waals surface area (Å²) in [6, 6.07) is 0.241. The van der Waals surface area contributed by atoms with Crippen molar-refractivity contribution < 1.29 is 0 Å². The highest BCUT2D eigenvalue weighted by molar-refractivity contribution is 4.82. The zero-order chi connectivity index (χ0) is 5.98. The topological polar surface area (TPSA) is 52.0 Å². The van der Waals surface area contributed by atoms with E-state index in [0.29, 0.717) is 0 Å². The van der Waals surface area contributed by atoms with E-state index in [9.17, 15) is 0 Å². The van der Waals surface area contributed by atoms with E-state index in [1.165, 1.54) is 0 Å². The Kier molecular flexibility index (Phi) is 1.37. The van der Waals surface area contributed by atoms with Gasteiger partial charge in [-0.2, -0.15) is 0 Å². The molecule has 0 saturated carbocycles. The molecule has 1 heterocycles. The van der Waals surface area contributed by atoms with Gasteiger partial charge in [0.2, 0.25) is 0 Å². The minimum absolute atomic E-state index is 0.241. The molecule has 4 heteroatoms. The Balaban J connectivity index is 2.25. The Morgan fingerprint density at radius 2 is 2.38 bits per heavy atom. The third kappa shape index (κ3) is 0.911. The number of azide groups is 1. The van der Waals surface area contributed by atoms with Crippen LogP contribution in [0.25, 0.3) is 10.4 Å². The molecular weight excluding hydrogens is 104 g/mol. The van der Waals surface area contributed by atoms with Crippen molar-refractivity contribution in [1.29, 1.82) is 0 Å². The fourth-order valence-electron chi connectivity index (χ4n) is 0.812. The summed E-state index contributed by atoms with van der Waals surface area (Å²) in [5.41, 5.74) is 7.93. The number of likely N-dealkylation sites (tertiary alicyclic amines) is 1. The van der Waals surface area contributed by atoms with E-state index < -0.39 is 0 Å². The van der Waals surface area contributed by atoms with E-state index in [0.717, 1.165) is 13.1 Å². The van der Waals surface area contributed by atoms with E-state index in [1.807, 2.05) is 7.05 Å². The molecule has 0 radical (unpaired) electrons. The Bertz CT molecular complexity index is 120. The molecule has 1 saturated heterocycles. The fourth-order valence-corrected chi connectivity index (χ4v) is 0.812. The van der Waals surface area contributed by atoms with Gasteiger partial charge >= 0.3 is 0 Å². The Morgan fingerprint density at radius 1 is 1.75 bits per heavy atom. The number of rotatable bonds is 1. The predicted octanol–water partition coefficient (Wildman–Crippen LogP) is 0.611. The van der Waals surface area contributed by atoms with E-state index in [4.69, 9.17) is 5.53 Å². The zero-order valence-electron chi connectivity index (χ0n) is 4.78. The average molecular weight is 112 g/mol. The molecule has 0 bridgehead atoms. The monoisotopic (exact) mass is 112 g/mol. The molecule has 1 fully saturated rings. The van der Waals surface area contributed by atoms with E-state index in [2.05, 4.69) is 14.9 Å². The molecule has 1 aliphatic rings. The number of nitrogens with zero attached hydrogens (tertiary/aromatic N) is 4. The first kappa shape index (κ1) is 5.41. The van der Waals surface area contributed by atoms with Crippen LogP contribution in [0.3, 0.4) is 0 Å². The molecule has 0 aromatic heterocycles. The lowest BCUT2D eigenvalue weighted by Crippen LogP contribution is -2.46. The van der Waals surface area contributed by atoms with E-state index in [-0.39, 0.29) is 6.04 Å². The molecule has 0 N–H and O–H groups in total. The molecule has 1 rings (SSSR count). The first-order valence-electron chi connectivity index (χ1n) is 2.55. The summed E-state index contributed by atoms with van der Waals surface area (Å²) in [5.74, 6) is 0. The zero-order valence-corrected chi connectivity index (χ0v) is 4.78. The van der Waals surface area contributed by atoms with Crippen LogP contribution in [0.15, 0.2) is 5.11 Å². The van der Waals surface area contributed by atoms with Gasteiger partial charge in [0, 0.05) is 18.0 Å². The van der Waals surface area contributed by atoms with Crippen molar-refractivity contribution in [1.82, 2.24) is 4.90 Å². The maximum absolute atomic E-state index is 7.93. The van der Waals surface area contributed by atoms with Crippen LogP contribution in [-0.2, 0) is 0 Å². The molecule has 8 heavy (non-hydrogen) atoms. The first-order chi connectivity index (χ1) is 3.83. The number of hydrogen-bond acceptors (Lipinski definition) is 2. The predicted molar refractivity (Wildman–Crippen MR) is 30.4 cm³/mol. The normalized spacial score (nSPS) is 21.6. The highest BCUT2D eigenvalue weighted by Crippen LogP contribution is 2.07. The number of likely N-dealkylation sites (N-methyl/N-ethyl adjacent to an activating group) is 1. The molecule has 0 atom stereocenters. The van der Waals surface area contributed by atoms with Crippen molar-refractivity contribution in [3.63, 3.8) is 0 Å². The molecule has 1 aliphatic heterocycles. The van der Waals surface area contributed by atoms with Gasteiger partial charge in [0.15, 0.2) is 0 Å². The second kappa shape index (κ2) is 2.03. The Morgan fingerprint density at radius 3 is 2.75 bits per heavy atom. The Hall–Kier alpha value is -0.730. The molecule has 0 spiro atoms. The molecule has 0 unspecified atom stereocenters. The summed E-state index contributed by atoms with van der Waals surface area (Å²) < 4.78 is 0. The van der Waals surface area contributed by atoms with Gasteiger partial charge in [0.05, 0.1) is 6.04 Å². The first-order valence-corrected chi connectivity index (χ1v) is 2.55. The van der Waals surface area contributed by atoms with Crippen LogP contribution in [0.2, 0.25) is 0 Å². The van der Waals surface area contributed by atoms with Gasteiger partial charge in [-0.05, 0) is 12.6 Å². The summed E-state index contributed by atoms with van der Waals surface area (Å²) >= 11 is 0. The lowest BCUT2D eigenvalue weighted by atomic mass is 10.2. The smallest absolute Gasteiger partial charge is 0.0628 e. The quantitative estimate of drug-likeness (QED) is 0.278. The van der Waals surface area contributed by atoms with Crippen LogP contribution < -0.4 is 0 Å². The molecule has 0 aromatic carbocycles. The summed E-state index contributed by atoms with van der Waals surface area (Å²) in [6.07, 6.45) is 0. The minimum Gasteiger partial charge on any atom is -0.305 e. The minimum atomic E-state index is 0.241. The molecule has 0 amide bonds. The van der Waals surface area contributed by atoms with Crippen molar-refractivity contribution in [2.75, 3.05) is 20.1 Å². The summed E-state index contributed by atoms with van der Waals surface area (Å²) in [6.45, 7) is 1.84. The van der Waals surface area contributed by atoms with Gasteiger partial charge in [0.25, 0.3) is 0 Å². The van der Waals surface area contributed by atoms with Gasteiger partial charge in [-0.3, -0.25) is 0 Å². The summed E-state index contributed by atoms with van der Waals surface area (Å²) in [5, 5.41) is 3.52. The highest BCUT2D eigenvalue weighted by Gasteiger charge is 2.20. The van der Waals surface area contributed by atoms with E-state index >= 15 is 0 Å². The van der Waals surface area contributed by atoms with Crippen LogP contribution in [0.1, 0.15) is 0 Å². The SMILES string of the molecule is CN1CC(N=[N+]=[N-])C1. The van der Waals surface area contributed by atoms with E-state index in [1.54, 1.807) is 0 Å². The van der Waals surface area contributed by atoms with Crippen LogP contribution >= 0.6 is 0 Å². The van der Waals surface area contributed by atoms with Crippen molar-refractivity contribution in [2.45, 2.75) is 6.04 Å². The molecule has 44 valence electrons. The summed E-state index contributed by atoms with van der Waals surface area (Å²) in [7, 11) is 2.00. The second-order valence-electron chi connectivity index (χ2n) is 2.08. The molecule has 0 aromatic rings. The highest BCUT2D eigenvalue weighted by atomic mass is 15.3. The van der Waals surface area contributed by atoms with Gasteiger partial charge in [0.1, 0.15) is 0 Å². The maximum atomic E-state index is 7.93. The van der Waals surface area contributed by atoms with Gasteiger partial charge in [-0.15, -0.1) is 0 Å². The third-order valence-electron chi connectivity index (χ3n) is 1.26. The van der Waals surface area contributed by atoms with Crippen LogP contribution in [-0.4, -0.2) is 31.1 Å². The van der Waals surface area contributed by atoms with Crippen molar-refractivity contribution >= 4 is 0 Å². The van der Waals surface area contributed by atoms with Crippen LogP contribution in [0.4, 0.5) is 0 Å². The molecular formula is C4H8N4. The largest absolute Gasteiger partial charge is 0.305 e. The van der Waals surface area contributed by atoms with Crippen molar-refractivity contribution in [2.24, 2.45) is 5.11 Å². The van der Waals surface area contributed by atoms with Crippen LogP contribution in [0.5, 0.6) is 0 Å². The second-order valence-corrected chi connectivity index (χ2v) is 2.08. The van der Waals surface area contributed by atoms with Crippen LogP contribution in [0, 0.1) is 0 Å². The Labute approximate surface area is 47.7 Å². The number of hydrogen-bond donors (Lipinski definition) is 0. The molecule has 4 nitrogen and oxygen atoms in total. The van der Waals surface area contributed by atoms with Gasteiger partial charge < -0.3 is 4.90 Å². The van der Waals surface area contributed by atoms with Crippen molar-refractivity contribution in [3.8, 4) is 0 Å². The fraction of sp³-hybridized carbons (Fsp3) is 1.00. The maximum Gasteiger partial charge on any atom is 0.0628 e. The lowest BCUT2D eigenvalue weighted by molar-refractivity contribution is 0.192. The standard InChI is InChI=1S/C4H8N4/c1-8-2-4(3-8)6-7-5/h4H,2-3H2,1H3. The average Bonchev–Trinajstić information content (AvgIpc) is 1.64. The molecule has 0 aliphatic carbocycles. The van der Waals surface area contributed by atoms with Crippen molar-refractivity contribution in [3.05, 3.63) is 10.4 Å².